The molecule has 0 bridgehead atoms. The van der Waals surface area contributed by atoms with E-state index in [2.05, 4.69) is 5.32 Å². The molecule has 2 N–H and O–H groups in total. The van der Waals surface area contributed by atoms with E-state index in [0.29, 0.717) is 18.0 Å². The second-order valence-electron chi connectivity index (χ2n) is 5.93. The van der Waals surface area contributed by atoms with E-state index >= 15 is 0 Å². The van der Waals surface area contributed by atoms with E-state index in [-0.39, 0.29) is 11.6 Å². The third-order valence-electron chi connectivity index (χ3n) is 4.09. The molecule has 0 saturated carbocycles. The van der Waals surface area contributed by atoms with Crippen molar-refractivity contribution >= 4 is 5.91 Å². The number of carbonyl (C=O) groups is 1. The van der Waals surface area contributed by atoms with Crippen LogP contribution in [0.3, 0.4) is 0 Å². The van der Waals surface area contributed by atoms with Gasteiger partial charge in [0.05, 0.1) is 40.4 Å². The average Bonchev–Trinajstić information content (AvgIpc) is 2.61. The van der Waals surface area contributed by atoms with Crippen LogP contribution in [-0.4, -0.2) is 40.8 Å². The van der Waals surface area contributed by atoms with Crippen LogP contribution < -0.4 is 19.7 Å². The van der Waals surface area contributed by atoms with Crippen molar-refractivity contribution in [3.8, 4) is 11.5 Å². The smallest absolute Gasteiger partial charge is 0.254 e. The van der Waals surface area contributed by atoms with Gasteiger partial charge in [0.15, 0.2) is 11.5 Å². The zero-order chi connectivity index (χ0) is 18.4. The summed E-state index contributed by atoms with van der Waals surface area (Å²) < 4.78 is 24.3. The standard InChI is InChI=1S/C19H23FN2O3/c1-22(2)16(13-9-10-17(24-3)18(11-13)25-4)12-21-19(23)14-7-5-6-8-15(14)20/h5-11,16H,12H2,1-4H3,(H,21,23)/p+1/t16-/m0/s1. The van der Waals surface area contributed by atoms with Crippen LogP contribution in [0.1, 0.15) is 22.0 Å². The molecule has 0 saturated heterocycles. The fourth-order valence-corrected chi connectivity index (χ4v) is 2.66. The van der Waals surface area contributed by atoms with Crippen molar-refractivity contribution in [2.24, 2.45) is 0 Å². The van der Waals surface area contributed by atoms with Crippen molar-refractivity contribution < 1.29 is 23.6 Å². The predicted octanol–water partition coefficient (Wildman–Crippen LogP) is 1.46. The summed E-state index contributed by atoms with van der Waals surface area (Å²) in [6.07, 6.45) is 0. The fourth-order valence-electron chi connectivity index (χ4n) is 2.66. The Morgan fingerprint density at radius 2 is 1.80 bits per heavy atom. The Kier molecular flexibility index (Phi) is 6.36. The van der Waals surface area contributed by atoms with Crippen LogP contribution in [0.15, 0.2) is 42.5 Å². The maximum absolute atomic E-state index is 13.7. The first-order valence-electron chi connectivity index (χ1n) is 8.02. The van der Waals surface area contributed by atoms with Gasteiger partial charge in [0.1, 0.15) is 11.9 Å². The number of benzene rings is 2. The van der Waals surface area contributed by atoms with Gasteiger partial charge in [-0.2, -0.15) is 0 Å². The summed E-state index contributed by atoms with van der Waals surface area (Å²) in [4.78, 5) is 13.4. The van der Waals surface area contributed by atoms with E-state index in [1.54, 1.807) is 26.4 Å². The summed E-state index contributed by atoms with van der Waals surface area (Å²) in [5, 5.41) is 2.81. The molecule has 0 radical (unpaired) electrons. The molecule has 6 heteroatoms. The highest BCUT2D eigenvalue weighted by molar-refractivity contribution is 5.94. The minimum absolute atomic E-state index is 0.0180. The zero-order valence-electron chi connectivity index (χ0n) is 14.9. The zero-order valence-corrected chi connectivity index (χ0v) is 14.9. The molecule has 2 aromatic rings. The van der Waals surface area contributed by atoms with Crippen molar-refractivity contribution in [3.05, 3.63) is 59.4 Å². The molecule has 0 aliphatic carbocycles. The van der Waals surface area contributed by atoms with Crippen molar-refractivity contribution in [2.75, 3.05) is 34.9 Å². The number of hydrogen-bond acceptors (Lipinski definition) is 3. The van der Waals surface area contributed by atoms with Gasteiger partial charge >= 0.3 is 0 Å². The van der Waals surface area contributed by atoms with Crippen LogP contribution in [-0.2, 0) is 0 Å². The minimum Gasteiger partial charge on any atom is -0.493 e. The summed E-state index contributed by atoms with van der Waals surface area (Å²) in [6, 6.07) is 11.6. The van der Waals surface area contributed by atoms with Crippen LogP contribution in [0.5, 0.6) is 11.5 Å². The number of rotatable bonds is 7. The van der Waals surface area contributed by atoms with Gasteiger partial charge in [-0.3, -0.25) is 4.79 Å². The van der Waals surface area contributed by atoms with Gasteiger partial charge in [0.25, 0.3) is 5.91 Å². The van der Waals surface area contributed by atoms with Crippen molar-refractivity contribution in [3.63, 3.8) is 0 Å². The minimum atomic E-state index is -0.528. The molecule has 0 spiro atoms. The first-order valence-corrected chi connectivity index (χ1v) is 8.02. The van der Waals surface area contributed by atoms with Crippen molar-refractivity contribution in [2.45, 2.75) is 6.04 Å². The molecule has 2 rings (SSSR count). The molecule has 5 nitrogen and oxygen atoms in total. The molecule has 0 heterocycles. The Hall–Kier alpha value is -2.60. The Morgan fingerprint density at radius 1 is 1.12 bits per heavy atom. The quantitative estimate of drug-likeness (QED) is 0.797. The monoisotopic (exact) mass is 347 g/mol. The summed E-state index contributed by atoms with van der Waals surface area (Å²) in [7, 11) is 7.16. The van der Waals surface area contributed by atoms with E-state index < -0.39 is 11.7 Å². The SMILES string of the molecule is COc1ccc([C@H](CNC(=O)c2ccccc2F)[NH+](C)C)cc1OC. The van der Waals surface area contributed by atoms with Crippen molar-refractivity contribution in [1.82, 2.24) is 5.32 Å². The fraction of sp³-hybridized carbons (Fsp3) is 0.316. The highest BCUT2D eigenvalue weighted by Gasteiger charge is 2.21. The van der Waals surface area contributed by atoms with E-state index in [1.165, 1.54) is 12.1 Å². The second kappa shape index (κ2) is 8.48. The van der Waals surface area contributed by atoms with Crippen LogP contribution in [0, 0.1) is 5.82 Å². The van der Waals surface area contributed by atoms with Crippen LogP contribution in [0.4, 0.5) is 4.39 Å². The molecule has 1 amide bonds. The predicted molar refractivity (Wildman–Crippen MR) is 93.8 cm³/mol. The number of carbonyl (C=O) groups excluding carboxylic acids is 1. The molecule has 0 fully saturated rings. The van der Waals surface area contributed by atoms with Crippen LogP contribution in [0.2, 0.25) is 0 Å². The lowest BCUT2D eigenvalue weighted by molar-refractivity contribution is -0.890. The van der Waals surface area contributed by atoms with Crippen LogP contribution >= 0.6 is 0 Å². The molecule has 0 aromatic heterocycles. The molecule has 1 atom stereocenters. The number of ether oxygens (including phenoxy) is 2. The van der Waals surface area contributed by atoms with Crippen LogP contribution in [0.25, 0.3) is 0 Å². The molecular weight excluding hydrogens is 323 g/mol. The normalized spacial score (nSPS) is 11.9. The summed E-state index contributed by atoms with van der Waals surface area (Å²) in [6.45, 7) is 0.366. The van der Waals surface area contributed by atoms with Gasteiger partial charge in [-0.15, -0.1) is 0 Å². The van der Waals surface area contributed by atoms with Gasteiger partial charge < -0.3 is 19.7 Å². The average molecular weight is 347 g/mol. The van der Waals surface area contributed by atoms with Gasteiger partial charge in [-0.25, -0.2) is 4.39 Å². The maximum atomic E-state index is 13.7. The number of hydrogen-bond donors (Lipinski definition) is 2. The number of nitrogens with one attached hydrogen (secondary N) is 2. The van der Waals surface area contributed by atoms with E-state index in [0.717, 1.165) is 10.5 Å². The molecule has 2 aromatic carbocycles. The largest absolute Gasteiger partial charge is 0.493 e. The van der Waals surface area contributed by atoms with Gasteiger partial charge in [-0.1, -0.05) is 12.1 Å². The summed E-state index contributed by atoms with van der Waals surface area (Å²) >= 11 is 0. The number of methoxy groups -OCH3 is 2. The van der Waals surface area contributed by atoms with Gasteiger partial charge in [0, 0.05) is 5.56 Å². The lowest BCUT2D eigenvalue weighted by Crippen LogP contribution is -3.07. The summed E-state index contributed by atoms with van der Waals surface area (Å²) in [5.74, 6) is 0.325. The van der Waals surface area contributed by atoms with Gasteiger partial charge in [0.2, 0.25) is 0 Å². The molecule has 0 aliphatic rings. The van der Waals surface area contributed by atoms with Gasteiger partial charge in [-0.05, 0) is 30.3 Å². The second-order valence-corrected chi connectivity index (χ2v) is 5.93. The number of likely N-dealkylation sites (N-methyl/N-ethyl adjacent to an activating group) is 1. The topological polar surface area (TPSA) is 52.0 Å². The van der Waals surface area contributed by atoms with E-state index in [1.807, 2.05) is 32.3 Å². The Bertz CT molecular complexity index is 734. The Labute approximate surface area is 147 Å². The highest BCUT2D eigenvalue weighted by atomic mass is 19.1. The van der Waals surface area contributed by atoms with E-state index in [4.69, 9.17) is 9.47 Å². The third kappa shape index (κ3) is 4.48. The number of quaternary nitrogens is 1. The maximum Gasteiger partial charge on any atom is 0.254 e. The first kappa shape index (κ1) is 18.7. The molecular formula is C19H24FN2O3+. The Morgan fingerprint density at radius 3 is 2.40 bits per heavy atom. The Balaban J connectivity index is 2.16. The first-order chi connectivity index (χ1) is 12.0. The highest BCUT2D eigenvalue weighted by Crippen LogP contribution is 2.29. The molecule has 25 heavy (non-hydrogen) atoms. The summed E-state index contributed by atoms with van der Waals surface area (Å²) in [5.41, 5.74) is 1.04. The molecule has 0 aliphatic heterocycles. The van der Waals surface area contributed by atoms with Crippen molar-refractivity contribution in [1.29, 1.82) is 0 Å². The number of amides is 1. The van der Waals surface area contributed by atoms with E-state index in [9.17, 15) is 9.18 Å². The lowest BCUT2D eigenvalue weighted by atomic mass is 10.0. The third-order valence-corrected chi connectivity index (χ3v) is 4.09. The molecule has 0 unspecified atom stereocenters. The lowest BCUT2D eigenvalue weighted by Gasteiger charge is -2.23. The number of halogens is 1. The molecule has 134 valence electrons.